The van der Waals surface area contributed by atoms with E-state index >= 15 is 0 Å². The lowest BCUT2D eigenvalue weighted by Crippen LogP contribution is -2.49. The van der Waals surface area contributed by atoms with Gasteiger partial charge in [0.1, 0.15) is 18.1 Å². The monoisotopic (exact) mass is 516 g/mol. The highest BCUT2D eigenvalue weighted by molar-refractivity contribution is 6.24. The van der Waals surface area contributed by atoms with Crippen LogP contribution in [0.2, 0.25) is 0 Å². The van der Waals surface area contributed by atoms with Crippen molar-refractivity contribution in [1.82, 2.24) is 4.90 Å². The molecule has 1 saturated carbocycles. The van der Waals surface area contributed by atoms with Crippen LogP contribution >= 0.6 is 0 Å². The zero-order valence-electron chi connectivity index (χ0n) is 22.0. The van der Waals surface area contributed by atoms with Crippen LogP contribution in [0.25, 0.3) is 0 Å². The Morgan fingerprint density at radius 2 is 1.68 bits per heavy atom. The maximum absolute atomic E-state index is 14.2. The van der Waals surface area contributed by atoms with Gasteiger partial charge in [0, 0.05) is 5.54 Å². The molecule has 0 unspecified atom stereocenters. The highest BCUT2D eigenvalue weighted by Crippen LogP contribution is 2.63. The summed E-state index contributed by atoms with van der Waals surface area (Å²) in [6.07, 6.45) is 2.70. The van der Waals surface area contributed by atoms with Crippen molar-refractivity contribution in [2.24, 2.45) is 29.1 Å². The summed E-state index contributed by atoms with van der Waals surface area (Å²) < 4.78 is 6.02. The molecular weight excluding hydrogens is 484 g/mol. The Morgan fingerprint density at radius 1 is 0.974 bits per heavy atom. The molecule has 1 aromatic heterocycles. The third-order valence-electron chi connectivity index (χ3n) is 9.08. The Bertz CT molecular complexity index is 1380. The largest absolute Gasteiger partial charge is 0.463 e. The fourth-order valence-electron chi connectivity index (χ4n) is 7.44. The van der Waals surface area contributed by atoms with Crippen LogP contribution in [0, 0.1) is 29.1 Å². The number of hydrogen-bond acceptors (Lipinski definition) is 6. The number of carbonyl (C=O) groups excluding carboxylic acids is 4. The molecule has 4 amide bonds. The summed E-state index contributed by atoms with van der Waals surface area (Å²) in [5.41, 5.74) is -0.429. The highest BCUT2D eigenvalue weighted by atomic mass is 16.4. The molecule has 1 N–H and O–H groups in total. The minimum absolute atomic E-state index is 0.173. The first-order valence-electron chi connectivity index (χ1n) is 13.2. The predicted molar refractivity (Wildman–Crippen MR) is 137 cm³/mol. The second kappa shape index (κ2) is 8.24. The molecule has 2 saturated heterocycles. The second-order valence-corrected chi connectivity index (χ2v) is 12.1. The van der Waals surface area contributed by atoms with E-state index in [4.69, 9.17) is 4.42 Å². The third kappa shape index (κ3) is 3.19. The Labute approximate surface area is 221 Å². The number of aliphatic hydroxyl groups excluding tert-OH is 1. The van der Waals surface area contributed by atoms with Crippen molar-refractivity contribution < 1.29 is 28.7 Å². The Balaban J connectivity index is 1.51. The molecule has 38 heavy (non-hydrogen) atoms. The topological polar surface area (TPSA) is 108 Å². The molecule has 2 aliphatic heterocycles. The van der Waals surface area contributed by atoms with Crippen LogP contribution in [-0.2, 0) is 25.8 Å². The lowest BCUT2D eigenvalue weighted by molar-refractivity contribution is -0.145. The summed E-state index contributed by atoms with van der Waals surface area (Å²) in [6.45, 7) is 7.08. The summed E-state index contributed by atoms with van der Waals surface area (Å²) in [6, 6.07) is 12.3. The van der Waals surface area contributed by atoms with E-state index < -0.39 is 34.6 Å². The zero-order valence-corrected chi connectivity index (χ0v) is 22.0. The van der Waals surface area contributed by atoms with Crippen LogP contribution in [0.15, 0.2) is 58.5 Å². The number of amides is 4. The molecule has 3 heterocycles. The molecule has 0 bridgehead atoms. The first-order chi connectivity index (χ1) is 18.0. The van der Waals surface area contributed by atoms with Crippen LogP contribution < -0.4 is 4.90 Å². The molecule has 1 aromatic carbocycles. The van der Waals surface area contributed by atoms with Gasteiger partial charge in [0.2, 0.25) is 23.6 Å². The van der Waals surface area contributed by atoms with E-state index in [9.17, 15) is 24.3 Å². The quantitative estimate of drug-likeness (QED) is 0.491. The van der Waals surface area contributed by atoms with E-state index in [2.05, 4.69) is 0 Å². The summed E-state index contributed by atoms with van der Waals surface area (Å²) in [4.78, 5) is 58.0. The molecule has 2 aliphatic carbocycles. The van der Waals surface area contributed by atoms with Crippen LogP contribution in [0.3, 0.4) is 0 Å². The number of rotatable bonds is 3. The highest BCUT2D eigenvalue weighted by Gasteiger charge is 2.68. The standard InChI is InChI=1S/C30H32N2O6/c1-29(2,3)32-25(34)19-12-11-18-20(23(19)27(32)36)14-21-26(35)31(16-8-6-5-7-9-16)28(37)30(21,4)24(18)22-13-10-17(15-33)38-22/h5-11,13,19-21,23-24,33H,12,14-15H2,1-4H3/t19-,20+,21-,23-,24+,30+/m0/s1. The number of likely N-dealkylation sites (tertiary alicyclic amines) is 1. The third-order valence-corrected chi connectivity index (χ3v) is 9.08. The van der Waals surface area contributed by atoms with E-state index in [-0.39, 0.29) is 36.2 Å². The maximum atomic E-state index is 14.2. The van der Waals surface area contributed by atoms with E-state index in [1.54, 1.807) is 36.4 Å². The fourth-order valence-corrected chi connectivity index (χ4v) is 7.44. The Kier molecular flexibility index (Phi) is 5.38. The number of allylic oxidation sites excluding steroid dienone is 2. The number of carbonyl (C=O) groups is 4. The van der Waals surface area contributed by atoms with Gasteiger partial charge in [0.15, 0.2) is 0 Å². The van der Waals surface area contributed by atoms with Gasteiger partial charge in [-0.3, -0.25) is 24.1 Å². The number of anilines is 1. The zero-order chi connectivity index (χ0) is 27.1. The predicted octanol–water partition coefficient (Wildman–Crippen LogP) is 3.80. The number of aliphatic hydroxyl groups is 1. The van der Waals surface area contributed by atoms with Crippen molar-refractivity contribution in [2.45, 2.75) is 58.6 Å². The summed E-state index contributed by atoms with van der Waals surface area (Å²) >= 11 is 0. The van der Waals surface area contributed by atoms with E-state index in [1.165, 1.54) is 9.80 Å². The molecule has 4 aliphatic rings. The number of furan rings is 1. The summed E-state index contributed by atoms with van der Waals surface area (Å²) in [5, 5.41) is 9.69. The van der Waals surface area contributed by atoms with Crippen molar-refractivity contribution in [3.05, 3.63) is 65.6 Å². The van der Waals surface area contributed by atoms with Crippen molar-refractivity contribution >= 4 is 29.3 Å². The van der Waals surface area contributed by atoms with Crippen molar-refractivity contribution in [1.29, 1.82) is 0 Å². The summed E-state index contributed by atoms with van der Waals surface area (Å²) in [7, 11) is 0. The lowest BCUT2D eigenvalue weighted by Gasteiger charge is -2.48. The minimum atomic E-state index is -1.15. The Hall–Kier alpha value is -3.52. The average molecular weight is 517 g/mol. The molecular formula is C30H32N2O6. The number of imide groups is 2. The van der Waals surface area contributed by atoms with Gasteiger partial charge in [-0.2, -0.15) is 0 Å². The van der Waals surface area contributed by atoms with Crippen LogP contribution in [-0.4, -0.2) is 39.2 Å². The van der Waals surface area contributed by atoms with Crippen LogP contribution in [0.5, 0.6) is 0 Å². The number of nitrogens with zero attached hydrogens (tertiary/aromatic N) is 2. The molecule has 6 rings (SSSR count). The van der Waals surface area contributed by atoms with E-state index in [0.29, 0.717) is 30.0 Å². The molecule has 2 aromatic rings. The van der Waals surface area contributed by atoms with Gasteiger partial charge in [-0.15, -0.1) is 0 Å². The van der Waals surface area contributed by atoms with Crippen molar-refractivity contribution in [2.75, 3.05) is 4.90 Å². The van der Waals surface area contributed by atoms with Gasteiger partial charge in [-0.1, -0.05) is 29.8 Å². The summed E-state index contributed by atoms with van der Waals surface area (Å²) in [5.74, 6) is -2.90. The number of benzene rings is 1. The Morgan fingerprint density at radius 3 is 2.32 bits per heavy atom. The van der Waals surface area contributed by atoms with Gasteiger partial charge in [-0.05, 0) is 70.7 Å². The normalized spacial score (nSPS) is 32.9. The van der Waals surface area contributed by atoms with E-state index in [1.807, 2.05) is 39.8 Å². The fraction of sp³-hybridized carbons (Fsp3) is 0.467. The first-order valence-corrected chi connectivity index (χ1v) is 13.2. The minimum Gasteiger partial charge on any atom is -0.463 e. The molecule has 8 nitrogen and oxygen atoms in total. The SMILES string of the molecule is CC(C)(C)N1C(=O)[C@H]2[C@H](CC=C3[C@H]2C[C@H]2C(=O)N(c4ccccc4)C(=O)[C@@]2(C)[C@H]3c2ccc(CO)o2)C1=O. The maximum Gasteiger partial charge on any atom is 0.241 e. The van der Waals surface area contributed by atoms with Gasteiger partial charge in [0.05, 0.1) is 34.8 Å². The number of hydrogen-bond donors (Lipinski definition) is 1. The van der Waals surface area contributed by atoms with Gasteiger partial charge in [0.25, 0.3) is 0 Å². The van der Waals surface area contributed by atoms with Gasteiger partial charge < -0.3 is 9.52 Å². The molecule has 3 fully saturated rings. The average Bonchev–Trinajstić information content (AvgIpc) is 3.50. The number of fused-ring (bicyclic) bond motifs is 4. The number of para-hydroxylation sites is 1. The first kappa shape index (κ1) is 24.8. The molecule has 6 atom stereocenters. The van der Waals surface area contributed by atoms with Gasteiger partial charge in [-0.25, -0.2) is 4.90 Å². The van der Waals surface area contributed by atoms with Crippen LogP contribution in [0.4, 0.5) is 5.69 Å². The van der Waals surface area contributed by atoms with Crippen molar-refractivity contribution in [3.8, 4) is 0 Å². The van der Waals surface area contributed by atoms with E-state index in [0.717, 1.165) is 5.57 Å². The lowest BCUT2D eigenvalue weighted by atomic mass is 9.52. The molecule has 0 radical (unpaired) electrons. The smallest absolute Gasteiger partial charge is 0.241 e. The second-order valence-electron chi connectivity index (χ2n) is 12.1. The van der Waals surface area contributed by atoms with Crippen molar-refractivity contribution in [3.63, 3.8) is 0 Å². The molecule has 0 spiro atoms. The van der Waals surface area contributed by atoms with Gasteiger partial charge >= 0.3 is 0 Å². The molecule has 198 valence electrons. The van der Waals surface area contributed by atoms with Crippen LogP contribution in [0.1, 0.15) is 58.0 Å². The molecule has 8 heteroatoms.